The van der Waals surface area contributed by atoms with E-state index in [1.165, 1.54) is 24.5 Å². The number of aromatic nitrogens is 2. The summed E-state index contributed by atoms with van der Waals surface area (Å²) in [6.45, 7) is 1.63. The van der Waals surface area contributed by atoms with Crippen LogP contribution in [-0.4, -0.2) is 52.6 Å². The van der Waals surface area contributed by atoms with E-state index < -0.39 is 17.5 Å². The number of benzene rings is 2. The second kappa shape index (κ2) is 8.65. The molecule has 3 N–H and O–H groups in total. The number of aryl methyl sites for hydroxylation is 1. The van der Waals surface area contributed by atoms with Crippen LogP contribution in [0.15, 0.2) is 30.6 Å². The van der Waals surface area contributed by atoms with Gasteiger partial charge in [0, 0.05) is 36.8 Å². The van der Waals surface area contributed by atoms with E-state index in [4.69, 9.17) is 0 Å². The Bertz CT molecular complexity index is 1180. The Kier molecular flexibility index (Phi) is 5.94. The number of imidazole rings is 1. The number of carbonyl (C=O) groups excluding carboxylic acids is 2. The summed E-state index contributed by atoms with van der Waals surface area (Å²) in [4.78, 5) is 30.2. The Morgan fingerprint density at radius 2 is 2.13 bits per heavy atom. The summed E-state index contributed by atoms with van der Waals surface area (Å²) in [6.07, 6.45) is 1.44. The van der Waals surface area contributed by atoms with E-state index in [1.807, 2.05) is 22.6 Å². The fourth-order valence-electron chi connectivity index (χ4n) is 3.38. The molecule has 31 heavy (non-hydrogen) atoms. The van der Waals surface area contributed by atoms with Gasteiger partial charge in [0.2, 0.25) is 0 Å². The largest absolute Gasteiger partial charge is 0.350 e. The van der Waals surface area contributed by atoms with Crippen LogP contribution >= 0.6 is 22.6 Å². The van der Waals surface area contributed by atoms with Crippen LogP contribution in [0.2, 0.25) is 0 Å². The Balaban J connectivity index is 1.65. The number of urea groups is 1. The third kappa shape index (κ3) is 4.27. The molecular weight excluding hydrogens is 521 g/mol. The lowest BCUT2D eigenvalue weighted by Gasteiger charge is -2.17. The highest BCUT2D eigenvalue weighted by Gasteiger charge is 2.23. The average Bonchev–Trinajstić information content (AvgIpc) is 3.31. The first-order valence-corrected chi connectivity index (χ1v) is 10.6. The van der Waals surface area contributed by atoms with E-state index in [2.05, 4.69) is 20.9 Å². The first kappa shape index (κ1) is 21.3. The predicted molar refractivity (Wildman–Crippen MR) is 120 cm³/mol. The lowest BCUT2D eigenvalue weighted by atomic mass is 10.1. The first-order chi connectivity index (χ1) is 14.8. The highest BCUT2D eigenvalue weighted by atomic mass is 127. The van der Waals surface area contributed by atoms with Gasteiger partial charge in [0.15, 0.2) is 5.82 Å². The number of rotatable bonds is 6. The van der Waals surface area contributed by atoms with E-state index in [-0.39, 0.29) is 35.0 Å². The minimum Gasteiger partial charge on any atom is -0.350 e. The second-order valence-corrected chi connectivity index (χ2v) is 8.31. The van der Waals surface area contributed by atoms with E-state index in [1.54, 1.807) is 22.6 Å². The number of hydrogen-bond donors (Lipinski definition) is 3. The molecule has 0 saturated carbocycles. The molecule has 8 nitrogen and oxygen atoms in total. The molecule has 11 heteroatoms. The van der Waals surface area contributed by atoms with Gasteiger partial charge in [-0.25, -0.2) is 18.6 Å². The zero-order valence-electron chi connectivity index (χ0n) is 16.5. The highest BCUT2D eigenvalue weighted by molar-refractivity contribution is 14.1. The van der Waals surface area contributed by atoms with E-state index >= 15 is 4.39 Å². The van der Waals surface area contributed by atoms with Gasteiger partial charge in [-0.1, -0.05) is 0 Å². The number of fused-ring (bicyclic) bond motifs is 1. The van der Waals surface area contributed by atoms with Crippen molar-refractivity contribution in [1.29, 1.82) is 0 Å². The monoisotopic (exact) mass is 540 g/mol. The summed E-state index contributed by atoms with van der Waals surface area (Å²) in [6, 6.07) is 5.78. The summed E-state index contributed by atoms with van der Waals surface area (Å²) in [5, 5.41) is 8.11. The molecule has 0 radical (unpaired) electrons. The lowest BCUT2D eigenvalue weighted by molar-refractivity contribution is 0.0951. The van der Waals surface area contributed by atoms with Crippen molar-refractivity contribution < 1.29 is 18.4 Å². The smallest absolute Gasteiger partial charge is 0.317 e. The summed E-state index contributed by atoms with van der Waals surface area (Å²) in [5.74, 6) is -1.87. The molecule has 0 spiro atoms. The van der Waals surface area contributed by atoms with Crippen LogP contribution < -0.4 is 16.0 Å². The van der Waals surface area contributed by atoms with Gasteiger partial charge in [-0.2, -0.15) is 0 Å². The molecule has 2 heterocycles. The first-order valence-electron chi connectivity index (χ1n) is 9.51. The van der Waals surface area contributed by atoms with Crippen molar-refractivity contribution in [3.8, 4) is 0 Å². The molecule has 3 aromatic rings. The van der Waals surface area contributed by atoms with E-state index in [0.717, 1.165) is 0 Å². The standard InChI is InChI=1S/C20H19F2IN6O2/c1-28-10-26-18-15(28)9-12(19(30)24-4-6-29-7-5-25-20(29)31)17(16(18)22)27-14-3-2-11(23)8-13(14)21/h2-3,8-10,27H,4-7H2,1H3,(H,24,30)(H,25,31). The van der Waals surface area contributed by atoms with Gasteiger partial charge in [0.05, 0.1) is 28.8 Å². The lowest BCUT2D eigenvalue weighted by Crippen LogP contribution is -2.37. The van der Waals surface area contributed by atoms with Crippen molar-refractivity contribution in [3.63, 3.8) is 0 Å². The Morgan fingerprint density at radius 3 is 2.84 bits per heavy atom. The van der Waals surface area contributed by atoms with Gasteiger partial charge in [-0.15, -0.1) is 0 Å². The Hall–Kier alpha value is -2.96. The topological polar surface area (TPSA) is 91.3 Å². The second-order valence-electron chi connectivity index (χ2n) is 7.06. The average molecular weight is 540 g/mol. The van der Waals surface area contributed by atoms with Crippen LogP contribution in [0, 0.1) is 15.2 Å². The number of carbonyl (C=O) groups is 2. The van der Waals surface area contributed by atoms with E-state index in [0.29, 0.717) is 28.7 Å². The van der Waals surface area contributed by atoms with Gasteiger partial charge < -0.3 is 25.4 Å². The molecule has 162 valence electrons. The van der Waals surface area contributed by atoms with Crippen LogP contribution in [0.4, 0.5) is 25.0 Å². The van der Waals surface area contributed by atoms with E-state index in [9.17, 15) is 14.0 Å². The molecule has 1 aliphatic rings. The fraction of sp³-hybridized carbons (Fsp3) is 0.250. The van der Waals surface area contributed by atoms with Gasteiger partial charge >= 0.3 is 6.03 Å². The summed E-state index contributed by atoms with van der Waals surface area (Å²) in [5.41, 5.74) is 0.383. The van der Waals surface area contributed by atoms with Crippen LogP contribution in [0.25, 0.3) is 11.0 Å². The van der Waals surface area contributed by atoms with Crippen molar-refractivity contribution in [1.82, 2.24) is 25.1 Å². The molecule has 0 bridgehead atoms. The molecular formula is C20H19F2IN6O2. The quantitative estimate of drug-likeness (QED) is 0.420. The third-order valence-corrected chi connectivity index (χ3v) is 5.68. The number of amides is 3. The molecule has 1 fully saturated rings. The van der Waals surface area contributed by atoms with Crippen molar-refractivity contribution in [2.24, 2.45) is 7.05 Å². The summed E-state index contributed by atoms with van der Waals surface area (Å²) in [7, 11) is 1.69. The van der Waals surface area contributed by atoms with Crippen LogP contribution in [0.1, 0.15) is 10.4 Å². The maximum atomic E-state index is 15.3. The highest BCUT2D eigenvalue weighted by Crippen LogP contribution is 2.31. The number of nitrogens with one attached hydrogen (secondary N) is 3. The number of hydrogen-bond acceptors (Lipinski definition) is 4. The zero-order valence-corrected chi connectivity index (χ0v) is 18.7. The SMILES string of the molecule is Cn1cnc2c(F)c(Nc3ccc(I)cc3F)c(C(=O)NCCN3CCNC3=O)cc21. The van der Waals surface area contributed by atoms with Gasteiger partial charge in [0.25, 0.3) is 5.91 Å². The summed E-state index contributed by atoms with van der Waals surface area (Å²) >= 11 is 1.97. The van der Waals surface area contributed by atoms with Gasteiger partial charge in [-0.05, 0) is 46.9 Å². The maximum absolute atomic E-state index is 15.3. The van der Waals surface area contributed by atoms with Crippen molar-refractivity contribution in [3.05, 3.63) is 51.4 Å². The van der Waals surface area contributed by atoms with Crippen molar-refractivity contribution in [2.75, 3.05) is 31.5 Å². The molecule has 1 aromatic heterocycles. The Morgan fingerprint density at radius 1 is 1.32 bits per heavy atom. The minimum atomic E-state index is -0.750. The third-order valence-electron chi connectivity index (χ3n) is 5.01. The van der Waals surface area contributed by atoms with Gasteiger partial charge in [-0.3, -0.25) is 4.79 Å². The molecule has 1 aliphatic heterocycles. The summed E-state index contributed by atoms with van der Waals surface area (Å²) < 4.78 is 32.0. The minimum absolute atomic E-state index is 0.0115. The van der Waals surface area contributed by atoms with Crippen molar-refractivity contribution in [2.45, 2.75) is 0 Å². The molecule has 0 aliphatic carbocycles. The van der Waals surface area contributed by atoms with Crippen LogP contribution in [0.3, 0.4) is 0 Å². The van der Waals surface area contributed by atoms with Crippen LogP contribution in [-0.2, 0) is 7.05 Å². The number of anilines is 2. The maximum Gasteiger partial charge on any atom is 0.317 e. The molecule has 2 aromatic carbocycles. The van der Waals surface area contributed by atoms with Gasteiger partial charge in [0.1, 0.15) is 11.3 Å². The zero-order chi connectivity index (χ0) is 22.1. The number of halogens is 3. The molecule has 0 unspecified atom stereocenters. The molecule has 1 saturated heterocycles. The molecule has 0 atom stereocenters. The normalized spacial score (nSPS) is 13.5. The van der Waals surface area contributed by atoms with Crippen molar-refractivity contribution >= 4 is 56.9 Å². The fourth-order valence-corrected chi connectivity index (χ4v) is 3.83. The number of nitrogens with zero attached hydrogens (tertiary/aromatic N) is 3. The Labute approximate surface area is 190 Å². The van der Waals surface area contributed by atoms with Crippen LogP contribution in [0.5, 0.6) is 0 Å². The molecule has 4 rings (SSSR count). The predicted octanol–water partition coefficient (Wildman–Crippen LogP) is 2.95. The molecule has 3 amide bonds.